The van der Waals surface area contributed by atoms with Crippen LogP contribution < -0.4 is 9.47 Å². The van der Waals surface area contributed by atoms with Gasteiger partial charge in [-0.25, -0.2) is 8.42 Å². The van der Waals surface area contributed by atoms with Crippen LogP contribution in [0.15, 0.2) is 46.4 Å². The summed E-state index contributed by atoms with van der Waals surface area (Å²) in [5.74, 6) is 1.40. The molecule has 0 N–H and O–H groups in total. The molecule has 7 heteroatoms. The molecule has 3 rings (SSSR count). The molecular formula is C19H24ClNO4S. The summed E-state index contributed by atoms with van der Waals surface area (Å²) in [4.78, 5) is 0.147. The first kappa shape index (κ1) is 19.3. The Morgan fingerprint density at radius 3 is 2.50 bits per heavy atom. The average Bonchev–Trinajstić information content (AvgIpc) is 2.68. The number of rotatable bonds is 5. The summed E-state index contributed by atoms with van der Waals surface area (Å²) in [7, 11) is -0.661. The van der Waals surface area contributed by atoms with Gasteiger partial charge in [0.15, 0.2) is 0 Å². The van der Waals surface area contributed by atoms with Gasteiger partial charge in [0.05, 0.1) is 14.2 Å². The lowest BCUT2D eigenvalue weighted by atomic mass is 9.82. The van der Waals surface area contributed by atoms with Gasteiger partial charge in [0.1, 0.15) is 16.4 Å². The number of hydrogen-bond acceptors (Lipinski definition) is 4. The van der Waals surface area contributed by atoms with Gasteiger partial charge in [0, 0.05) is 30.1 Å². The molecule has 1 aliphatic carbocycles. The molecule has 5 nitrogen and oxygen atoms in total. The molecule has 0 amide bonds. The Bertz CT molecular complexity index is 811. The van der Waals surface area contributed by atoms with Crippen LogP contribution in [0.1, 0.15) is 19.3 Å². The Kier molecular flexibility index (Phi) is 5.95. The van der Waals surface area contributed by atoms with Gasteiger partial charge >= 0.3 is 0 Å². The molecule has 0 radical (unpaired) electrons. The van der Waals surface area contributed by atoms with Crippen LogP contribution in [0.3, 0.4) is 0 Å². The normalized spacial score (nSPS) is 22.1. The second-order valence-corrected chi connectivity index (χ2v) is 8.88. The van der Waals surface area contributed by atoms with Gasteiger partial charge in [-0.2, -0.15) is 4.31 Å². The summed E-state index contributed by atoms with van der Waals surface area (Å²) >= 11 is 6.36. The van der Waals surface area contributed by atoms with Crippen molar-refractivity contribution in [2.24, 2.45) is 11.8 Å². The van der Waals surface area contributed by atoms with E-state index >= 15 is 0 Å². The highest BCUT2D eigenvalue weighted by Gasteiger charge is 2.34. The van der Waals surface area contributed by atoms with Crippen molar-refractivity contribution < 1.29 is 17.9 Å². The molecule has 26 heavy (non-hydrogen) atoms. The van der Waals surface area contributed by atoms with Gasteiger partial charge < -0.3 is 9.47 Å². The molecular weight excluding hydrogens is 374 g/mol. The zero-order valence-electron chi connectivity index (χ0n) is 15.0. The Morgan fingerprint density at radius 1 is 1.15 bits per heavy atom. The van der Waals surface area contributed by atoms with E-state index in [1.165, 1.54) is 24.6 Å². The number of allylic oxidation sites excluding steroid dienone is 4. The first-order valence-electron chi connectivity index (χ1n) is 8.71. The van der Waals surface area contributed by atoms with E-state index in [1.807, 2.05) is 6.08 Å². The first-order valence-corrected chi connectivity index (χ1v) is 10.5. The molecule has 1 fully saturated rings. The highest BCUT2D eigenvalue weighted by atomic mass is 35.5. The monoisotopic (exact) mass is 397 g/mol. The lowest BCUT2D eigenvalue weighted by Gasteiger charge is -2.35. The van der Waals surface area contributed by atoms with Crippen LogP contribution in [-0.4, -0.2) is 40.0 Å². The predicted octanol–water partition coefficient (Wildman–Crippen LogP) is 3.80. The maximum atomic E-state index is 13.1. The Hall–Kier alpha value is -1.50. The fourth-order valence-corrected chi connectivity index (χ4v) is 5.60. The highest BCUT2D eigenvalue weighted by Crippen LogP contribution is 2.37. The Morgan fingerprint density at radius 2 is 1.88 bits per heavy atom. The average molecular weight is 398 g/mol. The number of benzene rings is 1. The molecule has 1 heterocycles. The largest absolute Gasteiger partial charge is 0.497 e. The summed E-state index contributed by atoms with van der Waals surface area (Å²) in [6, 6.07) is 4.83. The highest BCUT2D eigenvalue weighted by molar-refractivity contribution is 7.89. The van der Waals surface area contributed by atoms with Crippen molar-refractivity contribution in [2.45, 2.75) is 24.2 Å². The van der Waals surface area contributed by atoms with Crippen molar-refractivity contribution in [1.82, 2.24) is 4.31 Å². The van der Waals surface area contributed by atoms with E-state index in [0.29, 0.717) is 30.5 Å². The molecule has 0 aromatic heterocycles. The molecule has 142 valence electrons. The van der Waals surface area contributed by atoms with Crippen molar-refractivity contribution in [3.8, 4) is 11.5 Å². The smallest absolute Gasteiger partial charge is 0.246 e. The molecule has 1 aromatic carbocycles. The SMILES string of the molecule is COc1ccc(OC)c(S(=O)(=O)N2CCC(C3C=CCC=C3Cl)CC2)c1. The van der Waals surface area contributed by atoms with Gasteiger partial charge in [0.25, 0.3) is 0 Å². The van der Waals surface area contributed by atoms with Crippen LogP contribution >= 0.6 is 11.6 Å². The van der Waals surface area contributed by atoms with Gasteiger partial charge in [-0.15, -0.1) is 0 Å². The summed E-state index contributed by atoms with van der Waals surface area (Å²) in [6.07, 6.45) is 8.76. The van der Waals surface area contributed by atoms with Crippen molar-refractivity contribution in [3.05, 3.63) is 41.5 Å². The van der Waals surface area contributed by atoms with Gasteiger partial charge in [0.2, 0.25) is 10.0 Å². The number of sulfonamides is 1. The van der Waals surface area contributed by atoms with Crippen molar-refractivity contribution >= 4 is 21.6 Å². The predicted molar refractivity (Wildman–Crippen MR) is 102 cm³/mol. The van der Waals surface area contributed by atoms with E-state index in [-0.39, 0.29) is 10.8 Å². The van der Waals surface area contributed by atoms with E-state index in [0.717, 1.165) is 24.3 Å². The fourth-order valence-electron chi connectivity index (χ4n) is 3.62. The molecule has 1 unspecified atom stereocenters. The number of halogens is 1. The van der Waals surface area contributed by atoms with Gasteiger partial charge in [-0.05, 0) is 37.3 Å². The van der Waals surface area contributed by atoms with Crippen molar-refractivity contribution in [1.29, 1.82) is 0 Å². The minimum absolute atomic E-state index is 0.147. The second-order valence-electron chi connectivity index (χ2n) is 6.54. The third-order valence-corrected chi connectivity index (χ3v) is 7.43. The maximum Gasteiger partial charge on any atom is 0.246 e. The van der Waals surface area contributed by atoms with Gasteiger partial charge in [-0.3, -0.25) is 0 Å². The number of piperidine rings is 1. The quantitative estimate of drug-likeness (QED) is 0.709. The van der Waals surface area contributed by atoms with Crippen LogP contribution in [0.25, 0.3) is 0 Å². The van der Waals surface area contributed by atoms with Crippen LogP contribution in [0.4, 0.5) is 0 Å². The number of hydrogen-bond donors (Lipinski definition) is 0. The lowest BCUT2D eigenvalue weighted by Crippen LogP contribution is -2.40. The van der Waals surface area contributed by atoms with Crippen LogP contribution in [-0.2, 0) is 10.0 Å². The van der Waals surface area contributed by atoms with Crippen LogP contribution in [0.2, 0.25) is 0 Å². The Balaban J connectivity index is 1.77. The molecule has 0 bridgehead atoms. The zero-order valence-corrected chi connectivity index (χ0v) is 16.6. The lowest BCUT2D eigenvalue weighted by molar-refractivity contribution is 0.247. The molecule has 0 saturated carbocycles. The van der Waals surface area contributed by atoms with Crippen LogP contribution in [0, 0.1) is 11.8 Å². The van der Waals surface area contributed by atoms with E-state index in [1.54, 1.807) is 12.1 Å². The Labute approximate surface area is 160 Å². The topological polar surface area (TPSA) is 55.8 Å². The molecule has 1 saturated heterocycles. The third-order valence-electron chi connectivity index (χ3n) is 5.11. The van der Waals surface area contributed by atoms with E-state index < -0.39 is 10.0 Å². The van der Waals surface area contributed by atoms with Crippen molar-refractivity contribution in [2.75, 3.05) is 27.3 Å². The second kappa shape index (κ2) is 8.03. The zero-order chi connectivity index (χ0) is 18.7. The maximum absolute atomic E-state index is 13.1. The molecule has 1 aromatic rings. The first-order chi connectivity index (χ1) is 12.5. The number of methoxy groups -OCH3 is 2. The van der Waals surface area contributed by atoms with Crippen LogP contribution in [0.5, 0.6) is 11.5 Å². The fraction of sp³-hybridized carbons (Fsp3) is 0.474. The van der Waals surface area contributed by atoms with Gasteiger partial charge in [-0.1, -0.05) is 29.8 Å². The standard InChI is InChI=1S/C19H24ClNO4S/c1-24-15-7-8-18(25-2)19(13-15)26(22,23)21-11-9-14(10-12-21)16-5-3-4-6-17(16)20/h3,5-8,13-14,16H,4,9-12H2,1-2H3. The third kappa shape index (κ3) is 3.77. The molecule has 0 spiro atoms. The minimum Gasteiger partial charge on any atom is -0.497 e. The number of ether oxygens (including phenoxy) is 2. The van der Waals surface area contributed by atoms with Crippen molar-refractivity contribution in [3.63, 3.8) is 0 Å². The summed E-state index contributed by atoms with van der Waals surface area (Å²) in [5, 5.41) is 0.878. The summed E-state index contributed by atoms with van der Waals surface area (Å²) in [6.45, 7) is 0.948. The molecule has 2 aliphatic rings. The number of nitrogens with zero attached hydrogens (tertiary/aromatic N) is 1. The van der Waals surface area contributed by atoms with E-state index in [2.05, 4.69) is 12.2 Å². The summed E-state index contributed by atoms with van der Waals surface area (Å²) in [5.41, 5.74) is 0. The molecule has 1 aliphatic heterocycles. The molecule has 1 atom stereocenters. The van der Waals surface area contributed by atoms with E-state index in [9.17, 15) is 8.42 Å². The van der Waals surface area contributed by atoms with E-state index in [4.69, 9.17) is 21.1 Å². The summed E-state index contributed by atoms with van der Waals surface area (Å²) < 4.78 is 38.2. The minimum atomic E-state index is -3.64.